The summed E-state index contributed by atoms with van der Waals surface area (Å²) in [6.45, 7) is 11.9. The van der Waals surface area contributed by atoms with Gasteiger partial charge in [0.2, 0.25) is 5.72 Å². The van der Waals surface area contributed by atoms with E-state index in [0.29, 0.717) is 21.9 Å². The Morgan fingerprint density at radius 1 is 0.943 bits per heavy atom. The Morgan fingerprint density at radius 3 is 2.11 bits per heavy atom. The van der Waals surface area contributed by atoms with Crippen LogP contribution < -0.4 is 39.8 Å². The lowest BCUT2D eigenvalue weighted by Gasteiger charge is -2.37. The van der Waals surface area contributed by atoms with Gasteiger partial charge < -0.3 is 34.9 Å². The summed E-state index contributed by atoms with van der Waals surface area (Å²) in [5, 5.41) is 4.37. The fourth-order valence-corrected chi connectivity index (χ4v) is 4.38. The van der Waals surface area contributed by atoms with E-state index in [2.05, 4.69) is 39.9 Å². The SMILES string of the molecule is CC[NH+](C(C)C)C(C)(C)Oc1ccc(N=C(Nc2ccc(Cl)c(Cl)c2)c2ccccc2)cc1.[Cl-].[Cl-]. The zero-order chi connectivity index (χ0) is 24.0. The topological polar surface area (TPSA) is 38.1 Å². The van der Waals surface area contributed by atoms with Gasteiger partial charge in [-0.1, -0.05) is 53.5 Å². The molecular weight excluding hydrogens is 524 g/mol. The first-order chi connectivity index (χ1) is 15.7. The van der Waals surface area contributed by atoms with Crippen LogP contribution >= 0.6 is 23.2 Å². The number of rotatable bonds is 8. The normalized spacial score (nSPS) is 12.4. The van der Waals surface area contributed by atoms with Gasteiger partial charge in [-0.25, -0.2) is 4.99 Å². The molecule has 0 amide bonds. The highest BCUT2D eigenvalue weighted by Crippen LogP contribution is 2.26. The molecule has 190 valence electrons. The maximum absolute atomic E-state index is 6.35. The van der Waals surface area contributed by atoms with Crippen LogP contribution in [0.15, 0.2) is 77.8 Å². The van der Waals surface area contributed by atoms with Gasteiger partial charge in [0.05, 0.1) is 28.3 Å². The second-order valence-corrected chi connectivity index (χ2v) is 9.53. The number of nitrogens with zero attached hydrogens (tertiary/aromatic N) is 1. The largest absolute Gasteiger partial charge is 1.00 e. The van der Waals surface area contributed by atoms with Crippen LogP contribution in [0.3, 0.4) is 0 Å². The van der Waals surface area contributed by atoms with E-state index in [1.54, 1.807) is 12.1 Å². The molecule has 0 spiro atoms. The van der Waals surface area contributed by atoms with Gasteiger partial charge in [-0.2, -0.15) is 0 Å². The molecule has 3 rings (SSSR count). The molecule has 0 aliphatic rings. The van der Waals surface area contributed by atoms with E-state index in [-0.39, 0.29) is 30.5 Å². The van der Waals surface area contributed by atoms with E-state index in [9.17, 15) is 0 Å². The molecule has 0 aliphatic carbocycles. The second-order valence-electron chi connectivity index (χ2n) is 8.72. The van der Waals surface area contributed by atoms with E-state index >= 15 is 0 Å². The Labute approximate surface area is 231 Å². The summed E-state index contributed by atoms with van der Waals surface area (Å²) in [5.74, 6) is 1.54. The molecule has 1 unspecified atom stereocenters. The van der Waals surface area contributed by atoms with Gasteiger partial charge >= 0.3 is 0 Å². The minimum atomic E-state index is -0.335. The number of quaternary nitrogens is 1. The number of amidine groups is 1. The number of ether oxygens (including phenoxy) is 1. The Kier molecular flexibility index (Phi) is 12.4. The summed E-state index contributed by atoms with van der Waals surface area (Å²) in [5.41, 5.74) is 2.25. The lowest BCUT2D eigenvalue weighted by atomic mass is 10.2. The van der Waals surface area contributed by atoms with Crippen LogP contribution in [-0.4, -0.2) is 24.1 Å². The summed E-state index contributed by atoms with van der Waals surface area (Å²) in [6.07, 6.45) is 0. The van der Waals surface area contributed by atoms with Gasteiger partial charge in [-0.15, -0.1) is 0 Å². The summed E-state index contributed by atoms with van der Waals surface area (Å²) >= 11 is 12.3. The molecule has 0 saturated carbocycles. The molecule has 1 atom stereocenters. The highest BCUT2D eigenvalue weighted by atomic mass is 35.5. The predicted octanol–water partition coefficient (Wildman–Crippen LogP) is 0.620. The number of aliphatic imine (C=N–C) groups is 1. The highest BCUT2D eigenvalue weighted by Gasteiger charge is 2.33. The van der Waals surface area contributed by atoms with E-state index in [0.717, 1.165) is 29.2 Å². The smallest absolute Gasteiger partial charge is 0.236 e. The van der Waals surface area contributed by atoms with Gasteiger partial charge in [0.1, 0.15) is 11.6 Å². The number of benzene rings is 3. The molecule has 2 N–H and O–H groups in total. The van der Waals surface area contributed by atoms with Crippen LogP contribution in [0, 0.1) is 0 Å². The lowest BCUT2D eigenvalue weighted by Crippen LogP contribution is -3.22. The number of halogens is 4. The molecule has 3 aromatic rings. The van der Waals surface area contributed by atoms with Crippen LogP contribution in [0.4, 0.5) is 11.4 Å². The third-order valence-corrected chi connectivity index (χ3v) is 6.27. The summed E-state index contributed by atoms with van der Waals surface area (Å²) in [4.78, 5) is 6.25. The number of anilines is 1. The predicted molar refractivity (Wildman–Crippen MR) is 141 cm³/mol. The first-order valence-electron chi connectivity index (χ1n) is 11.2. The number of hydrogen-bond donors (Lipinski definition) is 2. The lowest BCUT2D eigenvalue weighted by molar-refractivity contribution is -0.986. The average molecular weight is 556 g/mol. The summed E-state index contributed by atoms with van der Waals surface area (Å²) in [6, 6.07) is 23.7. The third kappa shape index (κ3) is 8.59. The first-order valence-corrected chi connectivity index (χ1v) is 12.0. The fraction of sp³-hybridized carbons (Fsp3) is 0.296. The van der Waals surface area contributed by atoms with Crippen molar-refractivity contribution < 1.29 is 34.5 Å². The maximum atomic E-state index is 6.35. The van der Waals surface area contributed by atoms with Crippen molar-refractivity contribution in [2.24, 2.45) is 4.99 Å². The molecule has 8 heteroatoms. The fourth-order valence-electron chi connectivity index (χ4n) is 4.08. The van der Waals surface area contributed by atoms with Crippen LogP contribution in [0.5, 0.6) is 5.75 Å². The van der Waals surface area contributed by atoms with E-state index in [1.165, 1.54) is 4.90 Å². The molecule has 0 aliphatic heterocycles. The van der Waals surface area contributed by atoms with E-state index < -0.39 is 0 Å². The minimum Gasteiger partial charge on any atom is -1.00 e. The summed E-state index contributed by atoms with van der Waals surface area (Å²) in [7, 11) is 0. The Hall–Kier alpha value is -1.95. The van der Waals surface area contributed by atoms with Gasteiger partial charge in [-0.3, -0.25) is 4.90 Å². The second kappa shape index (κ2) is 14.0. The van der Waals surface area contributed by atoms with Crippen molar-refractivity contribution in [2.75, 3.05) is 11.9 Å². The van der Waals surface area contributed by atoms with Crippen molar-refractivity contribution in [1.29, 1.82) is 0 Å². The molecule has 0 heterocycles. The Balaban J connectivity index is 0.00000306. The molecule has 0 bridgehead atoms. The maximum Gasteiger partial charge on any atom is 0.236 e. The minimum absolute atomic E-state index is 0. The molecule has 0 saturated heterocycles. The van der Waals surface area contributed by atoms with Crippen molar-refractivity contribution in [2.45, 2.75) is 46.4 Å². The molecule has 0 aromatic heterocycles. The van der Waals surface area contributed by atoms with Crippen molar-refractivity contribution >= 4 is 40.4 Å². The standard InChI is InChI=1S/C27H31Cl2N3O.2ClH/c1-6-32(19(2)3)27(4,5)33-23-15-12-21(13-16-23)30-26(20-10-8-7-9-11-20)31-22-14-17-24(28)25(29)18-22;;/h7-19H,6H2,1-5H3,(H,30,31);2*1H/p-1. The Bertz CT molecular complexity index is 1090. The van der Waals surface area contributed by atoms with Gasteiger partial charge in [-0.05, 0) is 63.2 Å². The molecule has 0 fully saturated rings. The highest BCUT2D eigenvalue weighted by molar-refractivity contribution is 6.42. The van der Waals surface area contributed by atoms with E-state index in [4.69, 9.17) is 32.9 Å². The Morgan fingerprint density at radius 2 is 1.57 bits per heavy atom. The number of nitrogens with one attached hydrogen (secondary N) is 2. The molecule has 35 heavy (non-hydrogen) atoms. The van der Waals surface area contributed by atoms with E-state index in [1.807, 2.05) is 60.7 Å². The van der Waals surface area contributed by atoms with Crippen LogP contribution in [0.2, 0.25) is 10.0 Å². The van der Waals surface area contributed by atoms with Crippen LogP contribution in [-0.2, 0) is 0 Å². The zero-order valence-electron chi connectivity index (χ0n) is 20.6. The van der Waals surface area contributed by atoms with Gasteiger partial charge in [0, 0.05) is 25.1 Å². The monoisotopic (exact) mass is 554 g/mol. The molecule has 3 aromatic carbocycles. The van der Waals surface area contributed by atoms with Crippen molar-refractivity contribution in [3.05, 3.63) is 88.4 Å². The van der Waals surface area contributed by atoms with Gasteiger partial charge in [0.25, 0.3) is 0 Å². The quantitative estimate of drug-likeness (QED) is 0.243. The van der Waals surface area contributed by atoms with Crippen LogP contribution in [0.25, 0.3) is 0 Å². The summed E-state index contributed by atoms with van der Waals surface area (Å²) < 4.78 is 6.35. The van der Waals surface area contributed by atoms with Crippen LogP contribution in [0.1, 0.15) is 40.2 Å². The van der Waals surface area contributed by atoms with Crippen molar-refractivity contribution in [3.8, 4) is 5.75 Å². The molecular formula is C27H32Cl4N3O-. The third-order valence-electron chi connectivity index (χ3n) is 5.53. The molecule has 0 radical (unpaired) electrons. The molecule has 4 nitrogen and oxygen atoms in total. The number of hydrogen-bond acceptors (Lipinski definition) is 2. The zero-order valence-corrected chi connectivity index (χ0v) is 23.6. The first kappa shape index (κ1) is 31.1. The van der Waals surface area contributed by atoms with Crippen molar-refractivity contribution in [3.63, 3.8) is 0 Å². The average Bonchev–Trinajstić information content (AvgIpc) is 2.77. The van der Waals surface area contributed by atoms with Gasteiger partial charge in [0.15, 0.2) is 0 Å². The van der Waals surface area contributed by atoms with Crippen molar-refractivity contribution in [1.82, 2.24) is 0 Å².